The van der Waals surface area contributed by atoms with Gasteiger partial charge in [-0.2, -0.15) is 9.82 Å². The van der Waals surface area contributed by atoms with E-state index in [4.69, 9.17) is 5.11 Å². The minimum Gasteiger partial charge on any atom is -0.480 e. The highest BCUT2D eigenvalue weighted by atomic mass is 32.2. The van der Waals surface area contributed by atoms with Gasteiger partial charge in [-0.25, -0.2) is 8.42 Å². The van der Waals surface area contributed by atoms with E-state index < -0.39 is 27.4 Å². The molecule has 0 saturated carbocycles. The molecule has 102 valence electrons. The highest BCUT2D eigenvalue weighted by Crippen LogP contribution is 2.21. The maximum atomic E-state index is 12.0. The smallest absolute Gasteiger partial charge is 0.322 e. The van der Waals surface area contributed by atoms with Gasteiger partial charge >= 0.3 is 5.97 Å². The van der Waals surface area contributed by atoms with Crippen molar-refractivity contribution < 1.29 is 18.3 Å². The minimum absolute atomic E-state index is 0.0551. The molecule has 0 aliphatic carbocycles. The number of nitrogens with zero attached hydrogens (tertiary/aromatic N) is 2. The van der Waals surface area contributed by atoms with Crippen molar-refractivity contribution in [1.29, 1.82) is 0 Å². The van der Waals surface area contributed by atoms with Gasteiger partial charge < -0.3 is 5.11 Å². The van der Waals surface area contributed by atoms with Crippen molar-refractivity contribution >= 4 is 16.0 Å². The van der Waals surface area contributed by atoms with Crippen LogP contribution in [-0.2, 0) is 21.9 Å². The van der Waals surface area contributed by atoms with E-state index in [2.05, 4.69) is 9.82 Å². The first kappa shape index (κ1) is 14.7. The minimum atomic E-state index is -3.88. The van der Waals surface area contributed by atoms with Gasteiger partial charge in [0.25, 0.3) is 0 Å². The Labute approximate surface area is 106 Å². The van der Waals surface area contributed by atoms with Crippen molar-refractivity contribution in [2.24, 2.45) is 12.5 Å². The number of carboxylic acids is 1. The first-order valence-corrected chi connectivity index (χ1v) is 6.76. The van der Waals surface area contributed by atoms with Gasteiger partial charge in [-0.05, 0) is 5.41 Å². The van der Waals surface area contributed by atoms with E-state index >= 15 is 0 Å². The summed E-state index contributed by atoms with van der Waals surface area (Å²) in [6.07, 6.45) is 2.48. The molecule has 0 fully saturated rings. The van der Waals surface area contributed by atoms with Crippen LogP contribution in [0, 0.1) is 5.41 Å². The Bertz CT molecular complexity index is 542. The summed E-state index contributed by atoms with van der Waals surface area (Å²) in [5, 5.41) is 12.8. The summed E-state index contributed by atoms with van der Waals surface area (Å²) in [5.41, 5.74) is -0.735. The van der Waals surface area contributed by atoms with Gasteiger partial charge in [-0.3, -0.25) is 9.48 Å². The molecule has 1 unspecified atom stereocenters. The van der Waals surface area contributed by atoms with Gasteiger partial charge in [0.1, 0.15) is 10.9 Å². The SMILES string of the molecule is Cn1cc(S(=O)(=O)NC(C(=O)O)C(C)(C)C)cn1. The molecule has 0 radical (unpaired) electrons. The summed E-state index contributed by atoms with van der Waals surface area (Å²) in [5.74, 6) is -1.21. The van der Waals surface area contributed by atoms with Gasteiger partial charge in [-0.15, -0.1) is 0 Å². The average molecular weight is 275 g/mol. The van der Waals surface area contributed by atoms with Gasteiger partial charge in [0.05, 0.1) is 6.20 Å². The summed E-state index contributed by atoms with van der Waals surface area (Å²) in [4.78, 5) is 11.1. The molecule has 8 heteroatoms. The fourth-order valence-electron chi connectivity index (χ4n) is 1.36. The average Bonchev–Trinajstić information content (AvgIpc) is 2.60. The van der Waals surface area contributed by atoms with Crippen LogP contribution < -0.4 is 4.72 Å². The van der Waals surface area contributed by atoms with Crippen molar-refractivity contribution in [2.75, 3.05) is 0 Å². The van der Waals surface area contributed by atoms with E-state index in [0.717, 1.165) is 0 Å². The summed E-state index contributed by atoms with van der Waals surface area (Å²) in [6.45, 7) is 4.95. The molecule has 7 nitrogen and oxygen atoms in total. The van der Waals surface area contributed by atoms with Crippen molar-refractivity contribution in [3.63, 3.8) is 0 Å². The summed E-state index contributed by atoms with van der Waals surface area (Å²) in [6, 6.07) is -1.21. The Balaban J connectivity index is 3.05. The molecule has 1 atom stereocenters. The number of nitrogens with one attached hydrogen (secondary N) is 1. The quantitative estimate of drug-likeness (QED) is 0.817. The number of aliphatic carboxylic acids is 1. The van der Waals surface area contributed by atoms with Crippen molar-refractivity contribution in [3.05, 3.63) is 12.4 Å². The Morgan fingerprint density at radius 2 is 2.06 bits per heavy atom. The zero-order valence-corrected chi connectivity index (χ0v) is 11.5. The lowest BCUT2D eigenvalue weighted by Crippen LogP contribution is -2.48. The number of hydrogen-bond acceptors (Lipinski definition) is 4. The van der Waals surface area contributed by atoms with Crippen LogP contribution >= 0.6 is 0 Å². The van der Waals surface area contributed by atoms with Gasteiger partial charge in [0, 0.05) is 13.2 Å². The second-order valence-electron chi connectivity index (χ2n) is 5.11. The second kappa shape index (κ2) is 4.69. The number of aromatic nitrogens is 2. The molecule has 1 heterocycles. The van der Waals surface area contributed by atoms with E-state index in [1.165, 1.54) is 17.1 Å². The molecule has 0 aromatic carbocycles. The lowest BCUT2D eigenvalue weighted by Gasteiger charge is -2.27. The van der Waals surface area contributed by atoms with Gasteiger partial charge in [-0.1, -0.05) is 20.8 Å². The van der Waals surface area contributed by atoms with Crippen LogP contribution in [-0.4, -0.2) is 35.3 Å². The molecule has 18 heavy (non-hydrogen) atoms. The predicted molar refractivity (Wildman–Crippen MR) is 64.4 cm³/mol. The van der Waals surface area contributed by atoms with Gasteiger partial charge in [0.15, 0.2) is 0 Å². The largest absolute Gasteiger partial charge is 0.480 e. The molecule has 1 aromatic heterocycles. The molecular weight excluding hydrogens is 258 g/mol. The number of hydrogen-bond donors (Lipinski definition) is 2. The fraction of sp³-hybridized carbons (Fsp3) is 0.600. The molecular formula is C10H17N3O4S. The third-order valence-corrected chi connectivity index (χ3v) is 3.75. The maximum Gasteiger partial charge on any atom is 0.322 e. The number of sulfonamides is 1. The van der Waals surface area contributed by atoms with E-state index in [-0.39, 0.29) is 4.90 Å². The van der Waals surface area contributed by atoms with Crippen molar-refractivity contribution in [3.8, 4) is 0 Å². The summed E-state index contributed by atoms with van der Waals surface area (Å²) < 4.78 is 27.5. The van der Waals surface area contributed by atoms with Gasteiger partial charge in [0.2, 0.25) is 10.0 Å². The van der Waals surface area contributed by atoms with E-state index in [0.29, 0.717) is 0 Å². The molecule has 0 aliphatic rings. The monoisotopic (exact) mass is 275 g/mol. The summed E-state index contributed by atoms with van der Waals surface area (Å²) >= 11 is 0. The van der Waals surface area contributed by atoms with Crippen molar-refractivity contribution in [2.45, 2.75) is 31.7 Å². The lowest BCUT2D eigenvalue weighted by atomic mass is 9.88. The second-order valence-corrected chi connectivity index (χ2v) is 6.82. The van der Waals surface area contributed by atoms with E-state index in [1.807, 2.05) is 0 Å². The van der Waals surface area contributed by atoms with Crippen LogP contribution in [0.15, 0.2) is 17.3 Å². The molecule has 2 N–H and O–H groups in total. The maximum absolute atomic E-state index is 12.0. The first-order valence-electron chi connectivity index (χ1n) is 5.28. The highest BCUT2D eigenvalue weighted by molar-refractivity contribution is 7.89. The zero-order chi connectivity index (χ0) is 14.1. The Hall–Kier alpha value is -1.41. The van der Waals surface area contributed by atoms with Crippen LogP contribution in [0.1, 0.15) is 20.8 Å². The number of rotatable bonds is 4. The molecule has 1 rings (SSSR count). The fourth-order valence-corrected chi connectivity index (χ4v) is 2.74. The van der Waals surface area contributed by atoms with Crippen LogP contribution in [0.4, 0.5) is 0 Å². The van der Waals surface area contributed by atoms with Crippen LogP contribution in [0.5, 0.6) is 0 Å². The predicted octanol–water partition coefficient (Wildman–Crippen LogP) is 0.198. The number of carbonyl (C=O) groups is 1. The highest BCUT2D eigenvalue weighted by Gasteiger charge is 2.35. The molecule has 0 amide bonds. The normalized spacial score (nSPS) is 14.4. The molecule has 0 aliphatic heterocycles. The summed E-state index contributed by atoms with van der Waals surface area (Å²) in [7, 11) is -2.30. The Morgan fingerprint density at radius 1 is 1.50 bits per heavy atom. The molecule has 0 bridgehead atoms. The Kier molecular flexibility index (Phi) is 3.82. The molecule has 1 aromatic rings. The number of carboxylic acid groups (broad SMARTS) is 1. The molecule has 0 spiro atoms. The van der Waals surface area contributed by atoms with E-state index in [9.17, 15) is 13.2 Å². The Morgan fingerprint density at radius 3 is 2.39 bits per heavy atom. The standard InChI is InChI=1S/C10H17N3O4S/c1-10(2,3)8(9(14)15)12-18(16,17)7-5-11-13(4)6-7/h5-6,8,12H,1-4H3,(H,14,15). The first-order chi connectivity index (χ1) is 8.04. The van der Waals surface area contributed by atoms with Crippen LogP contribution in [0.3, 0.4) is 0 Å². The third-order valence-electron chi connectivity index (χ3n) is 2.38. The van der Waals surface area contributed by atoms with Crippen LogP contribution in [0.25, 0.3) is 0 Å². The van der Waals surface area contributed by atoms with Crippen LogP contribution in [0.2, 0.25) is 0 Å². The van der Waals surface area contributed by atoms with E-state index in [1.54, 1.807) is 27.8 Å². The van der Waals surface area contributed by atoms with Crippen molar-refractivity contribution in [1.82, 2.24) is 14.5 Å². The zero-order valence-electron chi connectivity index (χ0n) is 10.7. The topological polar surface area (TPSA) is 101 Å². The number of aryl methyl sites for hydroxylation is 1. The molecule has 0 saturated heterocycles. The lowest BCUT2D eigenvalue weighted by molar-refractivity contribution is -0.141. The third kappa shape index (κ3) is 3.30.